The first-order valence-corrected chi connectivity index (χ1v) is 7.20. The number of aryl methyl sites for hydroxylation is 2. The van der Waals surface area contributed by atoms with Crippen LogP contribution in [0.4, 0.5) is 0 Å². The van der Waals surface area contributed by atoms with Crippen LogP contribution in [0.25, 0.3) is 10.9 Å². The highest BCUT2D eigenvalue weighted by Gasteiger charge is 2.22. The first-order chi connectivity index (χ1) is 9.66. The largest absolute Gasteiger partial charge is 0.352 e. The van der Waals surface area contributed by atoms with E-state index in [0.717, 1.165) is 19.4 Å². The molecule has 0 saturated heterocycles. The van der Waals surface area contributed by atoms with Crippen molar-refractivity contribution in [2.24, 2.45) is 7.05 Å². The van der Waals surface area contributed by atoms with Gasteiger partial charge in [-0.05, 0) is 31.4 Å². The van der Waals surface area contributed by atoms with Crippen LogP contribution in [-0.4, -0.2) is 23.1 Å². The minimum Gasteiger partial charge on any atom is -0.352 e. The first kappa shape index (κ1) is 13.2. The second-order valence-corrected chi connectivity index (χ2v) is 5.59. The molecule has 0 spiro atoms. The van der Waals surface area contributed by atoms with Gasteiger partial charge in [0, 0.05) is 36.2 Å². The first-order valence-electron chi connectivity index (χ1n) is 7.20. The van der Waals surface area contributed by atoms with E-state index in [1.54, 1.807) is 0 Å². The molecule has 1 aliphatic carbocycles. The Morgan fingerprint density at radius 2 is 2.10 bits per heavy atom. The summed E-state index contributed by atoms with van der Waals surface area (Å²) in [5.74, 6) is 0.101. The zero-order valence-corrected chi connectivity index (χ0v) is 12.1. The number of hydrogen-bond donors (Lipinski definition) is 2. The molecular formula is C16H21N3O. The number of benzene rings is 1. The monoisotopic (exact) mass is 271 g/mol. The number of aromatic nitrogens is 1. The minimum absolute atomic E-state index is 0.101. The third-order valence-electron chi connectivity index (χ3n) is 4.03. The molecule has 1 aromatic carbocycles. The number of hydrogen-bond acceptors (Lipinski definition) is 2. The molecule has 3 rings (SSSR count). The van der Waals surface area contributed by atoms with Gasteiger partial charge in [0.15, 0.2) is 0 Å². The lowest BCUT2D eigenvalue weighted by Gasteiger charge is -2.08. The van der Waals surface area contributed by atoms with Gasteiger partial charge >= 0.3 is 0 Å². The standard InChI is InChI=1S/C16H21N3O/c1-11-13-5-3-4-6-14(13)19(2)15(11)9-17-10-16(20)18-12-7-8-12/h3-6,12,17H,7-10H2,1-2H3,(H,18,20). The molecular weight excluding hydrogens is 250 g/mol. The second kappa shape index (κ2) is 5.29. The summed E-state index contributed by atoms with van der Waals surface area (Å²) in [7, 11) is 2.08. The summed E-state index contributed by atoms with van der Waals surface area (Å²) < 4.78 is 2.20. The summed E-state index contributed by atoms with van der Waals surface area (Å²) >= 11 is 0. The molecule has 0 unspecified atom stereocenters. The number of nitrogens with one attached hydrogen (secondary N) is 2. The molecule has 0 atom stereocenters. The predicted octanol–water partition coefficient (Wildman–Crippen LogP) is 1.85. The SMILES string of the molecule is Cc1c(CNCC(=O)NC2CC2)n(C)c2ccccc12. The maximum Gasteiger partial charge on any atom is 0.234 e. The average molecular weight is 271 g/mol. The molecule has 2 aromatic rings. The summed E-state index contributed by atoms with van der Waals surface area (Å²) in [5, 5.41) is 7.52. The Kier molecular flexibility index (Phi) is 3.49. The average Bonchev–Trinajstić information content (AvgIpc) is 3.22. The lowest BCUT2D eigenvalue weighted by Crippen LogP contribution is -2.35. The lowest BCUT2D eigenvalue weighted by atomic mass is 10.1. The highest BCUT2D eigenvalue weighted by atomic mass is 16.2. The number of rotatable bonds is 5. The third-order valence-corrected chi connectivity index (χ3v) is 4.03. The topological polar surface area (TPSA) is 46.1 Å². The fourth-order valence-corrected chi connectivity index (χ4v) is 2.69. The molecule has 2 N–H and O–H groups in total. The minimum atomic E-state index is 0.101. The van der Waals surface area contributed by atoms with Crippen LogP contribution in [0.15, 0.2) is 24.3 Å². The van der Waals surface area contributed by atoms with Gasteiger partial charge in [0.25, 0.3) is 0 Å². The van der Waals surface area contributed by atoms with Crippen molar-refractivity contribution in [2.75, 3.05) is 6.54 Å². The Morgan fingerprint density at radius 3 is 2.80 bits per heavy atom. The number of para-hydroxylation sites is 1. The molecule has 1 saturated carbocycles. The van der Waals surface area contributed by atoms with E-state index in [1.807, 2.05) is 0 Å². The van der Waals surface area contributed by atoms with Gasteiger partial charge in [-0.2, -0.15) is 0 Å². The van der Waals surface area contributed by atoms with Crippen LogP contribution in [0, 0.1) is 6.92 Å². The van der Waals surface area contributed by atoms with E-state index >= 15 is 0 Å². The molecule has 0 radical (unpaired) electrons. The molecule has 1 heterocycles. The third kappa shape index (κ3) is 2.56. The van der Waals surface area contributed by atoms with Crippen molar-refractivity contribution < 1.29 is 4.79 Å². The molecule has 1 aromatic heterocycles. The van der Waals surface area contributed by atoms with Crippen LogP contribution in [0.5, 0.6) is 0 Å². The Bertz CT molecular complexity index is 601. The van der Waals surface area contributed by atoms with Crippen molar-refractivity contribution >= 4 is 16.8 Å². The maximum absolute atomic E-state index is 11.6. The summed E-state index contributed by atoms with van der Waals surface area (Å²) in [6.07, 6.45) is 2.27. The smallest absolute Gasteiger partial charge is 0.234 e. The predicted molar refractivity (Wildman–Crippen MR) is 80.5 cm³/mol. The molecule has 20 heavy (non-hydrogen) atoms. The van der Waals surface area contributed by atoms with Crippen LogP contribution in [0.2, 0.25) is 0 Å². The number of carbonyl (C=O) groups excluding carboxylic acids is 1. The summed E-state index contributed by atoms with van der Waals surface area (Å²) in [6, 6.07) is 8.83. The van der Waals surface area contributed by atoms with Crippen LogP contribution < -0.4 is 10.6 Å². The van der Waals surface area contributed by atoms with Crippen molar-refractivity contribution in [3.05, 3.63) is 35.5 Å². The fourth-order valence-electron chi connectivity index (χ4n) is 2.69. The van der Waals surface area contributed by atoms with Crippen LogP contribution in [0.3, 0.4) is 0 Å². The quantitative estimate of drug-likeness (QED) is 0.872. The van der Waals surface area contributed by atoms with Crippen LogP contribution in [0.1, 0.15) is 24.1 Å². The highest BCUT2D eigenvalue weighted by molar-refractivity contribution is 5.85. The fraction of sp³-hybridized carbons (Fsp3) is 0.438. The van der Waals surface area contributed by atoms with Gasteiger partial charge in [-0.1, -0.05) is 18.2 Å². The van der Waals surface area contributed by atoms with Gasteiger partial charge in [0.2, 0.25) is 5.91 Å². The van der Waals surface area contributed by atoms with Crippen molar-refractivity contribution in [1.29, 1.82) is 0 Å². The van der Waals surface area contributed by atoms with E-state index in [1.165, 1.54) is 22.2 Å². The zero-order valence-electron chi connectivity index (χ0n) is 12.1. The van der Waals surface area contributed by atoms with Crippen molar-refractivity contribution in [3.8, 4) is 0 Å². The van der Waals surface area contributed by atoms with E-state index in [4.69, 9.17) is 0 Å². The maximum atomic E-state index is 11.6. The molecule has 0 bridgehead atoms. The van der Waals surface area contributed by atoms with Gasteiger partial charge < -0.3 is 15.2 Å². The molecule has 1 amide bonds. The van der Waals surface area contributed by atoms with E-state index in [-0.39, 0.29) is 5.91 Å². The van der Waals surface area contributed by atoms with Gasteiger partial charge in [-0.25, -0.2) is 0 Å². The van der Waals surface area contributed by atoms with Crippen molar-refractivity contribution in [1.82, 2.24) is 15.2 Å². The molecule has 4 nitrogen and oxygen atoms in total. The summed E-state index contributed by atoms with van der Waals surface area (Å²) in [5.41, 5.74) is 3.77. The van der Waals surface area contributed by atoms with Crippen LogP contribution >= 0.6 is 0 Å². The molecule has 0 aliphatic heterocycles. The second-order valence-electron chi connectivity index (χ2n) is 5.59. The van der Waals surface area contributed by atoms with E-state index in [0.29, 0.717) is 12.6 Å². The normalized spacial score (nSPS) is 14.7. The number of nitrogens with zero attached hydrogens (tertiary/aromatic N) is 1. The highest BCUT2D eigenvalue weighted by Crippen LogP contribution is 2.24. The van der Waals surface area contributed by atoms with Crippen molar-refractivity contribution in [2.45, 2.75) is 32.4 Å². The van der Waals surface area contributed by atoms with Gasteiger partial charge in [-0.3, -0.25) is 4.79 Å². The Morgan fingerprint density at radius 1 is 1.35 bits per heavy atom. The zero-order chi connectivity index (χ0) is 14.1. The van der Waals surface area contributed by atoms with Gasteiger partial charge in [0.05, 0.1) is 6.54 Å². The van der Waals surface area contributed by atoms with E-state index in [2.05, 4.69) is 53.4 Å². The van der Waals surface area contributed by atoms with E-state index < -0.39 is 0 Å². The number of carbonyl (C=O) groups is 1. The summed E-state index contributed by atoms with van der Waals surface area (Å²) in [4.78, 5) is 11.6. The van der Waals surface area contributed by atoms with Crippen molar-refractivity contribution in [3.63, 3.8) is 0 Å². The summed E-state index contributed by atoms with van der Waals surface area (Å²) in [6.45, 7) is 3.25. The molecule has 1 aliphatic rings. The Labute approximate surface area is 119 Å². The number of amides is 1. The molecule has 106 valence electrons. The lowest BCUT2D eigenvalue weighted by molar-refractivity contribution is -0.120. The Hall–Kier alpha value is -1.81. The molecule has 4 heteroatoms. The van der Waals surface area contributed by atoms with E-state index in [9.17, 15) is 4.79 Å². The number of fused-ring (bicyclic) bond motifs is 1. The van der Waals surface area contributed by atoms with Crippen LogP contribution in [-0.2, 0) is 18.4 Å². The Balaban J connectivity index is 1.66. The van der Waals surface area contributed by atoms with Gasteiger partial charge in [0.1, 0.15) is 0 Å². The molecule has 1 fully saturated rings. The van der Waals surface area contributed by atoms with Gasteiger partial charge in [-0.15, -0.1) is 0 Å².